The van der Waals surface area contributed by atoms with Crippen molar-refractivity contribution in [2.24, 2.45) is 7.05 Å². The Morgan fingerprint density at radius 3 is 2.44 bits per heavy atom. The van der Waals surface area contributed by atoms with Crippen molar-refractivity contribution in [3.05, 3.63) is 32.7 Å². The maximum Gasteiger partial charge on any atom is 0.263 e. The lowest BCUT2D eigenvalue weighted by molar-refractivity contribution is 0.0661. The number of amides is 1. The van der Waals surface area contributed by atoms with Gasteiger partial charge in [-0.1, -0.05) is 0 Å². The molecule has 2 rings (SSSR count). The van der Waals surface area contributed by atoms with Crippen LogP contribution in [-0.2, 0) is 7.05 Å². The van der Waals surface area contributed by atoms with Gasteiger partial charge in [0.2, 0.25) is 0 Å². The fourth-order valence-electron chi connectivity index (χ4n) is 2.00. The van der Waals surface area contributed by atoms with Crippen molar-refractivity contribution in [3.8, 4) is 0 Å². The number of likely N-dealkylation sites (N-methyl/N-ethyl adjacent to an activating group) is 1. The first-order valence-corrected chi connectivity index (χ1v) is 6.62. The summed E-state index contributed by atoms with van der Waals surface area (Å²) in [7, 11) is 3.67. The molecule has 1 fully saturated rings. The minimum Gasteiger partial charge on any atom is -0.336 e. The van der Waals surface area contributed by atoms with Gasteiger partial charge in [0.05, 0.1) is 0 Å². The van der Waals surface area contributed by atoms with Crippen molar-refractivity contribution in [1.82, 2.24) is 14.4 Å². The topological polar surface area (TPSA) is 45.5 Å². The zero-order valence-corrected chi connectivity index (χ0v) is 12.1. The minimum atomic E-state index is -0.248. The van der Waals surface area contributed by atoms with Crippen molar-refractivity contribution >= 4 is 21.8 Å². The number of piperazine rings is 1. The molecular weight excluding hydrogens is 298 g/mol. The van der Waals surface area contributed by atoms with Gasteiger partial charge in [-0.15, -0.1) is 0 Å². The molecule has 98 valence electrons. The lowest BCUT2D eigenvalue weighted by atomic mass is 10.2. The summed E-state index contributed by atoms with van der Waals surface area (Å²) in [5, 5.41) is 0. The standard InChI is InChI=1S/C12H16BrN3O2/c1-14-3-5-16(6-4-14)12(18)10-7-9(13)8-15(2)11(10)17/h7-8H,3-6H2,1-2H3. The minimum absolute atomic E-state index is 0.176. The Morgan fingerprint density at radius 2 is 1.83 bits per heavy atom. The van der Waals surface area contributed by atoms with Crippen LogP contribution >= 0.6 is 15.9 Å². The zero-order valence-electron chi connectivity index (χ0n) is 10.5. The van der Waals surface area contributed by atoms with Crippen LogP contribution in [0.15, 0.2) is 21.5 Å². The second kappa shape index (κ2) is 5.24. The van der Waals surface area contributed by atoms with E-state index in [0.29, 0.717) is 13.1 Å². The first-order chi connectivity index (χ1) is 8.49. The summed E-state index contributed by atoms with van der Waals surface area (Å²) in [6.45, 7) is 3.04. The maximum absolute atomic E-state index is 12.3. The second-order valence-corrected chi connectivity index (χ2v) is 5.50. The van der Waals surface area contributed by atoms with E-state index in [9.17, 15) is 9.59 Å². The molecule has 0 spiro atoms. The average molecular weight is 314 g/mol. The third-order valence-electron chi connectivity index (χ3n) is 3.17. The van der Waals surface area contributed by atoms with Gasteiger partial charge in [0.25, 0.3) is 11.5 Å². The van der Waals surface area contributed by atoms with Crippen LogP contribution < -0.4 is 5.56 Å². The van der Waals surface area contributed by atoms with E-state index in [4.69, 9.17) is 0 Å². The third kappa shape index (κ3) is 2.64. The molecule has 0 atom stereocenters. The molecule has 0 N–H and O–H groups in total. The van der Waals surface area contributed by atoms with Gasteiger partial charge < -0.3 is 14.4 Å². The molecule has 1 aromatic heterocycles. The number of hydrogen-bond acceptors (Lipinski definition) is 3. The first kappa shape index (κ1) is 13.3. The predicted molar refractivity (Wildman–Crippen MR) is 72.8 cm³/mol. The number of halogens is 1. The molecule has 1 saturated heterocycles. The van der Waals surface area contributed by atoms with E-state index in [1.165, 1.54) is 4.57 Å². The molecule has 1 aliphatic rings. The van der Waals surface area contributed by atoms with Gasteiger partial charge in [-0.2, -0.15) is 0 Å². The van der Waals surface area contributed by atoms with E-state index in [1.54, 1.807) is 24.2 Å². The summed E-state index contributed by atoms with van der Waals surface area (Å²) in [5.74, 6) is -0.176. The molecule has 5 nitrogen and oxygen atoms in total. The Morgan fingerprint density at radius 1 is 1.22 bits per heavy atom. The van der Waals surface area contributed by atoms with Crippen molar-refractivity contribution in [2.75, 3.05) is 33.2 Å². The smallest absolute Gasteiger partial charge is 0.263 e. The van der Waals surface area contributed by atoms with E-state index in [2.05, 4.69) is 20.8 Å². The fourth-order valence-corrected chi connectivity index (χ4v) is 2.54. The lowest BCUT2D eigenvalue weighted by Gasteiger charge is -2.32. The monoisotopic (exact) mass is 313 g/mol. The van der Waals surface area contributed by atoms with Crippen molar-refractivity contribution in [3.63, 3.8) is 0 Å². The number of carbonyl (C=O) groups is 1. The van der Waals surface area contributed by atoms with Crippen LogP contribution in [0.3, 0.4) is 0 Å². The number of pyridine rings is 1. The summed E-state index contributed by atoms with van der Waals surface area (Å²) in [6.07, 6.45) is 1.66. The van der Waals surface area contributed by atoms with Crippen LogP contribution in [-0.4, -0.2) is 53.5 Å². The molecule has 2 heterocycles. The third-order valence-corrected chi connectivity index (χ3v) is 3.60. The Hall–Kier alpha value is -1.14. The van der Waals surface area contributed by atoms with Gasteiger partial charge in [-0.25, -0.2) is 0 Å². The normalized spacial score (nSPS) is 16.9. The van der Waals surface area contributed by atoms with Crippen molar-refractivity contribution < 1.29 is 4.79 Å². The molecule has 1 aromatic rings. The number of carbonyl (C=O) groups excluding carboxylic acids is 1. The average Bonchev–Trinajstić information content (AvgIpc) is 2.34. The highest BCUT2D eigenvalue weighted by molar-refractivity contribution is 9.10. The van der Waals surface area contributed by atoms with Gasteiger partial charge in [0.1, 0.15) is 5.56 Å². The molecule has 0 unspecified atom stereocenters. The molecule has 0 aromatic carbocycles. The summed E-state index contributed by atoms with van der Waals surface area (Å²) >= 11 is 3.31. The van der Waals surface area contributed by atoms with Crippen molar-refractivity contribution in [1.29, 1.82) is 0 Å². The van der Waals surface area contributed by atoms with E-state index >= 15 is 0 Å². The van der Waals surface area contributed by atoms with Crippen LogP contribution in [0.1, 0.15) is 10.4 Å². The summed E-state index contributed by atoms with van der Waals surface area (Å²) in [6, 6.07) is 1.60. The Kier molecular flexibility index (Phi) is 3.87. The predicted octanol–water partition coefficient (Wildman–Crippen LogP) is 0.535. The number of hydrogen-bond donors (Lipinski definition) is 0. The Balaban J connectivity index is 2.26. The van der Waals surface area contributed by atoms with Gasteiger partial charge in [-0.3, -0.25) is 9.59 Å². The van der Waals surface area contributed by atoms with E-state index < -0.39 is 0 Å². The van der Waals surface area contributed by atoms with Gasteiger partial charge in [-0.05, 0) is 29.0 Å². The largest absolute Gasteiger partial charge is 0.336 e. The SMILES string of the molecule is CN1CCN(C(=O)c2cc(Br)cn(C)c2=O)CC1. The van der Waals surface area contributed by atoms with E-state index in [1.807, 2.05) is 7.05 Å². The Bertz CT molecular complexity index is 519. The number of nitrogens with zero attached hydrogens (tertiary/aromatic N) is 3. The summed E-state index contributed by atoms with van der Waals surface area (Å²) in [5.41, 5.74) is -0.0152. The quantitative estimate of drug-likeness (QED) is 0.760. The maximum atomic E-state index is 12.3. The molecule has 1 amide bonds. The number of aromatic nitrogens is 1. The van der Waals surface area contributed by atoms with Gasteiger partial charge in [0, 0.05) is 43.9 Å². The summed E-state index contributed by atoms with van der Waals surface area (Å²) < 4.78 is 2.16. The number of rotatable bonds is 1. The fraction of sp³-hybridized carbons (Fsp3) is 0.500. The molecule has 0 aliphatic carbocycles. The Labute approximate surface area is 114 Å². The van der Waals surface area contributed by atoms with Crippen LogP contribution in [0.25, 0.3) is 0 Å². The van der Waals surface area contributed by atoms with Crippen molar-refractivity contribution in [2.45, 2.75) is 0 Å². The lowest BCUT2D eigenvalue weighted by Crippen LogP contribution is -2.48. The summed E-state index contributed by atoms with van der Waals surface area (Å²) in [4.78, 5) is 28.2. The van der Waals surface area contributed by atoms with Crippen LogP contribution in [0.2, 0.25) is 0 Å². The van der Waals surface area contributed by atoms with E-state index in [-0.39, 0.29) is 17.0 Å². The van der Waals surface area contributed by atoms with Crippen LogP contribution in [0.4, 0.5) is 0 Å². The highest BCUT2D eigenvalue weighted by Gasteiger charge is 2.23. The van der Waals surface area contributed by atoms with Crippen LogP contribution in [0, 0.1) is 0 Å². The molecule has 6 heteroatoms. The molecule has 0 saturated carbocycles. The highest BCUT2D eigenvalue weighted by Crippen LogP contribution is 2.11. The molecule has 1 aliphatic heterocycles. The van der Waals surface area contributed by atoms with Crippen LogP contribution in [0.5, 0.6) is 0 Å². The van der Waals surface area contributed by atoms with Gasteiger partial charge >= 0.3 is 0 Å². The second-order valence-electron chi connectivity index (χ2n) is 4.58. The molecule has 0 bridgehead atoms. The molecule has 18 heavy (non-hydrogen) atoms. The molecule has 0 radical (unpaired) electrons. The van der Waals surface area contributed by atoms with Gasteiger partial charge in [0.15, 0.2) is 0 Å². The number of aryl methyl sites for hydroxylation is 1. The highest BCUT2D eigenvalue weighted by atomic mass is 79.9. The first-order valence-electron chi connectivity index (χ1n) is 5.83. The zero-order chi connectivity index (χ0) is 13.3. The van der Waals surface area contributed by atoms with E-state index in [0.717, 1.165) is 17.6 Å². The molecular formula is C12H16BrN3O2.